The third-order valence-corrected chi connectivity index (χ3v) is 23.9. The van der Waals surface area contributed by atoms with Gasteiger partial charge in [-0.1, -0.05) is 19.0 Å². The first kappa shape index (κ1) is 105. The summed E-state index contributed by atoms with van der Waals surface area (Å²) in [5, 5.41) is 25.5. The van der Waals surface area contributed by atoms with Crippen molar-refractivity contribution in [1.82, 2.24) is 49.8 Å². The number of aryl methyl sites for hydroxylation is 4. The number of pyridine rings is 9. The number of benzene rings is 4. The SMILES string of the molecule is C.CC(=O)c1ccc(N2CCCC2)c(C(=O)Nc2ccc3[nH]c(=O)cc(C)c3c2)n1.COC(=O)c1nc(Cl)ccc1N1CCCC1.Cc1cc(=O)[nH]c2ccc(NC(=O)c3nc(C(C)O)ccc3N3CCCC3)cc12.Cc1cc(=O)[nH]c2ccc(NC(=O)c3nc(CN(C)C)ccc3N3CCCC3)cc12.Cc1cc(=O)[nH]c2ccc(NC(=O)c3nc(CN)ccc3N3CCCC3)cc12.[Br-].[CH3-].[Mg+2]. The minimum atomic E-state index is -0.755. The van der Waals surface area contributed by atoms with Gasteiger partial charge in [0.1, 0.15) is 10.8 Å². The Balaban J connectivity index is 0.000000176. The van der Waals surface area contributed by atoms with Crippen LogP contribution in [0.5, 0.6) is 0 Å². The molecule has 13 aromatic rings. The fraction of sp³-hybridized carbons (Fsp3) is 0.327. The van der Waals surface area contributed by atoms with E-state index in [0.717, 1.165) is 224 Å². The van der Waals surface area contributed by atoms with E-state index in [4.69, 9.17) is 27.1 Å². The second-order valence-corrected chi connectivity index (χ2v) is 34.2. The van der Waals surface area contributed by atoms with Crippen LogP contribution in [0, 0.1) is 35.1 Å². The molecule has 0 saturated carbocycles. The van der Waals surface area contributed by atoms with Gasteiger partial charge in [0, 0.05) is 176 Å². The van der Waals surface area contributed by atoms with E-state index in [1.165, 1.54) is 26.2 Å². The Hall–Kier alpha value is -13.1. The molecule has 5 aliphatic heterocycles. The maximum absolute atomic E-state index is 13.2. The van der Waals surface area contributed by atoms with Crippen LogP contribution in [0.15, 0.2) is 177 Å². The fourth-order valence-corrected chi connectivity index (χ4v) is 17.2. The summed E-state index contributed by atoms with van der Waals surface area (Å²) < 4.78 is 4.70. The third kappa shape index (κ3) is 25.9. The number of nitrogens with two attached hydrogens (primary N) is 1. The molecule has 136 heavy (non-hydrogen) atoms. The quantitative estimate of drug-likeness (QED) is 0.0118. The van der Waals surface area contributed by atoms with Gasteiger partial charge in [-0.05, 0) is 269 Å². The van der Waals surface area contributed by atoms with E-state index in [9.17, 15) is 53.1 Å². The number of methoxy groups -OCH3 is 1. The number of halogens is 2. The normalized spacial score (nSPS) is 13.8. The largest absolute Gasteiger partial charge is 2.00 e. The molecular formula is C101H116BrClMgN20O12. The van der Waals surface area contributed by atoms with E-state index in [-0.39, 0.29) is 124 Å². The number of aromatic nitrogens is 9. The first-order valence-electron chi connectivity index (χ1n) is 44.4. The average Bonchev–Trinajstić information content (AvgIpc) is 1.20. The van der Waals surface area contributed by atoms with Crippen molar-refractivity contribution in [2.45, 2.75) is 132 Å². The zero-order chi connectivity index (χ0) is 93.6. The van der Waals surface area contributed by atoms with Gasteiger partial charge in [0.2, 0.25) is 22.2 Å². The van der Waals surface area contributed by atoms with E-state index < -0.39 is 12.1 Å². The number of ketones is 1. The molecule has 708 valence electrons. The standard InChI is InChI=1S/C23H27N5O2.C22H24N4O3.C22H22N4O3.C21H23N5O2.C11H13ClN2O2.CH4.CH3.BrH.Mg/c1-15-12-21(29)26-19-8-6-16(13-18(15)19)25-23(30)22-20(28-10-4-5-11-28)9-7-17(24-22)14-27(2)3;2*1-13-11-20(28)24-18-6-5-15(12-16(13)18)23-22(29)21-19(26-9-3-4-10-26)8-7-17(25-21)14(2)27;1-13-10-19(27)25-17-6-4-14(11-16(13)17)24-21(28)20-18(26-8-2-3-9-26)7-5-15(12-22)23-20;1-16-11(15)10-8(4-5-9(12)13-10)14-6-2-3-7-14;;;;/h6-9,12-13H,4-5,10-11,14H2,1-3H3,(H,25,30)(H,26,29);5-8,11-12,14,27H,3-4,9-10H2,1-2H3,(H,23,29)(H,24,28);5-8,11-12H,3-4,9-10H2,1-2H3,(H,23,29)(H,24,28);4-7,10-11H,2-3,8-9,12,22H2,1H3,(H,24,28)(H,25,27);4-5H,2-3,6-7H2,1H3;1H4;1H3;1H;/q;;;;;;-1;;+2/p-1. The van der Waals surface area contributed by atoms with Gasteiger partial charge >= 0.3 is 29.0 Å². The van der Waals surface area contributed by atoms with Gasteiger partial charge in [-0.25, -0.2) is 29.7 Å². The number of aliphatic hydroxyl groups excluding tert-OH is 1. The van der Waals surface area contributed by atoms with E-state index in [2.05, 4.69) is 85.6 Å². The molecule has 0 bridgehead atoms. The van der Waals surface area contributed by atoms with Crippen molar-refractivity contribution in [2.24, 2.45) is 5.73 Å². The number of aliphatic hydroxyl groups is 1. The summed E-state index contributed by atoms with van der Waals surface area (Å²) in [6, 6.07) is 46.3. The number of nitrogens with one attached hydrogen (secondary N) is 8. The number of carbonyl (C=O) groups is 6. The predicted molar refractivity (Wildman–Crippen MR) is 539 cm³/mol. The number of aromatic amines is 4. The molecule has 9 aromatic heterocycles. The molecule has 18 rings (SSSR count). The number of hydrogen-bond donors (Lipinski definition) is 10. The monoisotopic (exact) mass is 1940 g/mol. The van der Waals surface area contributed by atoms with Crippen molar-refractivity contribution in [3.63, 3.8) is 0 Å². The number of nitrogens with zero attached hydrogens (tertiary/aromatic N) is 11. The number of hydrogen-bond acceptors (Lipinski definition) is 24. The second kappa shape index (κ2) is 47.9. The van der Waals surface area contributed by atoms with Crippen LogP contribution in [0.25, 0.3) is 43.6 Å². The Labute approximate surface area is 820 Å². The Morgan fingerprint density at radius 3 is 1.02 bits per heavy atom. The number of Topliss-reactive ketones (excluding diaryl/α,β-unsaturated/α-hetero) is 1. The van der Waals surface area contributed by atoms with Gasteiger partial charge in [0.05, 0.1) is 58.7 Å². The summed E-state index contributed by atoms with van der Waals surface area (Å²) in [6.07, 6.45) is 10.3. The Bertz CT molecular complexity index is 6800. The summed E-state index contributed by atoms with van der Waals surface area (Å²) in [4.78, 5) is 169. The maximum atomic E-state index is 13.2. The zero-order valence-corrected chi connectivity index (χ0v) is 81.3. The minimum Gasteiger partial charge on any atom is -1.00 e. The molecule has 11 N–H and O–H groups in total. The number of amides is 4. The number of esters is 1. The van der Waals surface area contributed by atoms with Crippen molar-refractivity contribution in [1.29, 1.82) is 0 Å². The van der Waals surface area contributed by atoms with Crippen molar-refractivity contribution in [3.8, 4) is 0 Å². The second-order valence-electron chi connectivity index (χ2n) is 33.8. The number of anilines is 9. The Kier molecular flexibility index (Phi) is 37.0. The van der Waals surface area contributed by atoms with Crippen LogP contribution in [0.1, 0.15) is 194 Å². The Morgan fingerprint density at radius 1 is 0.426 bits per heavy atom. The third-order valence-electron chi connectivity index (χ3n) is 23.7. The van der Waals surface area contributed by atoms with Crippen LogP contribution in [0.3, 0.4) is 0 Å². The van der Waals surface area contributed by atoms with Gasteiger partial charge in [0.15, 0.2) is 34.3 Å². The van der Waals surface area contributed by atoms with Gasteiger partial charge in [-0.15, -0.1) is 0 Å². The van der Waals surface area contributed by atoms with Crippen LogP contribution in [-0.2, 0) is 17.8 Å². The Morgan fingerprint density at radius 2 is 0.713 bits per heavy atom. The number of rotatable bonds is 19. The van der Waals surface area contributed by atoms with E-state index in [1.807, 2.05) is 113 Å². The van der Waals surface area contributed by atoms with E-state index >= 15 is 0 Å². The van der Waals surface area contributed by atoms with Crippen molar-refractivity contribution in [2.75, 3.05) is 132 Å². The van der Waals surface area contributed by atoms with Crippen LogP contribution in [0.2, 0.25) is 5.15 Å². The molecule has 5 fully saturated rings. The van der Waals surface area contributed by atoms with E-state index in [1.54, 1.807) is 85.8 Å². The van der Waals surface area contributed by atoms with Crippen molar-refractivity contribution < 1.29 is 55.6 Å². The van der Waals surface area contributed by atoms with Crippen molar-refractivity contribution >= 4 is 165 Å². The van der Waals surface area contributed by atoms with Gasteiger partial charge in [-0.2, -0.15) is 0 Å². The van der Waals surface area contributed by atoms with Gasteiger partial charge in [-0.3, -0.25) is 43.2 Å². The van der Waals surface area contributed by atoms with Crippen LogP contribution < -0.4 is 90.7 Å². The maximum Gasteiger partial charge on any atom is 2.00 e. The summed E-state index contributed by atoms with van der Waals surface area (Å²) in [6.45, 7) is 20.6. The summed E-state index contributed by atoms with van der Waals surface area (Å²) in [5.41, 5.74) is 22.1. The molecule has 1 atom stereocenters. The molecule has 5 saturated heterocycles. The van der Waals surface area contributed by atoms with Crippen LogP contribution >= 0.6 is 11.6 Å². The molecule has 4 aromatic carbocycles. The molecule has 5 aliphatic rings. The summed E-state index contributed by atoms with van der Waals surface area (Å²) in [7, 11) is 5.31. The average molecular weight is 1940 g/mol. The smallest absolute Gasteiger partial charge is 1.00 e. The number of H-pyrrole nitrogens is 4. The van der Waals surface area contributed by atoms with Gasteiger partial charge < -0.3 is 111 Å². The van der Waals surface area contributed by atoms with Crippen molar-refractivity contribution in [3.05, 3.63) is 285 Å². The van der Waals surface area contributed by atoms with Gasteiger partial charge in [0.25, 0.3) is 23.6 Å². The van der Waals surface area contributed by atoms with Crippen LogP contribution in [-0.4, -0.2) is 200 Å². The number of ether oxygens (including phenoxy) is 1. The molecular weight excluding hydrogens is 1820 g/mol. The molecule has 0 radical (unpaired) electrons. The number of carbonyl (C=O) groups excluding carboxylic acids is 6. The van der Waals surface area contributed by atoms with E-state index in [0.29, 0.717) is 74.1 Å². The zero-order valence-electron chi connectivity index (χ0n) is 77.5. The molecule has 32 nitrogen and oxygen atoms in total. The summed E-state index contributed by atoms with van der Waals surface area (Å²) in [5.74, 6) is -1.80. The molecule has 0 spiro atoms. The molecule has 1 unspecified atom stereocenters. The first-order chi connectivity index (χ1) is 63.5. The first-order valence-corrected chi connectivity index (χ1v) is 44.8. The van der Waals surface area contributed by atoms with Crippen LogP contribution in [0.4, 0.5) is 51.2 Å². The minimum absolute atomic E-state index is 0. The topological polar surface area (TPSA) is 421 Å². The fourth-order valence-electron chi connectivity index (χ4n) is 17.0. The predicted octanol–water partition coefficient (Wildman–Crippen LogP) is 11.9. The summed E-state index contributed by atoms with van der Waals surface area (Å²) >= 11 is 5.79. The number of fused-ring (bicyclic) bond motifs is 4. The molecule has 4 amide bonds. The molecule has 0 aliphatic carbocycles. The molecule has 35 heteroatoms. The molecule has 14 heterocycles.